The zero-order chi connectivity index (χ0) is 50.5. The summed E-state index contributed by atoms with van der Waals surface area (Å²) in [6, 6.07) is 0. The van der Waals surface area contributed by atoms with Crippen LogP contribution in [0.3, 0.4) is 0 Å². The summed E-state index contributed by atoms with van der Waals surface area (Å²) in [4.78, 5) is 23.3. The first-order valence-corrected chi connectivity index (χ1v) is 28.1. The van der Waals surface area contributed by atoms with E-state index < -0.39 is 63.1 Å². The number of rotatable bonds is 44. The van der Waals surface area contributed by atoms with Crippen LogP contribution in [-0.4, -0.2) is 98.9 Å². The number of esters is 1. The topological polar surface area (TPSA) is 192 Å². The molecule has 13 heteroatoms. The summed E-state index contributed by atoms with van der Waals surface area (Å²) < 4.78 is 34.3. The number of carbonyl (C=O) groups is 1. The summed E-state index contributed by atoms with van der Waals surface area (Å²) in [6.45, 7) is 4.04. The zero-order valence-electron chi connectivity index (χ0n) is 42.6. The van der Waals surface area contributed by atoms with Crippen molar-refractivity contribution in [1.29, 1.82) is 0 Å². The van der Waals surface area contributed by atoms with Gasteiger partial charge in [0, 0.05) is 13.0 Å². The van der Waals surface area contributed by atoms with Gasteiger partial charge >= 0.3 is 13.8 Å². The fraction of sp³-hybridized carbons (Fsp3) is 0.696. The molecule has 0 saturated heterocycles. The van der Waals surface area contributed by atoms with Gasteiger partial charge in [-0.1, -0.05) is 182 Å². The predicted molar refractivity (Wildman–Crippen MR) is 281 cm³/mol. The number of phosphoric ester groups is 1. The second kappa shape index (κ2) is 45.1. The molecule has 0 aliphatic heterocycles. The van der Waals surface area contributed by atoms with Gasteiger partial charge in [0.15, 0.2) is 0 Å². The van der Waals surface area contributed by atoms with E-state index >= 15 is 0 Å². The quantitative estimate of drug-likeness (QED) is 0.0147. The van der Waals surface area contributed by atoms with E-state index in [9.17, 15) is 39.8 Å². The van der Waals surface area contributed by atoms with Crippen LogP contribution in [0.25, 0.3) is 0 Å². The molecule has 0 aromatic heterocycles. The van der Waals surface area contributed by atoms with Gasteiger partial charge < -0.3 is 39.9 Å². The van der Waals surface area contributed by atoms with Gasteiger partial charge in [-0.25, -0.2) is 4.57 Å². The summed E-state index contributed by atoms with van der Waals surface area (Å²) in [5.41, 5.74) is 0. The lowest BCUT2D eigenvalue weighted by Crippen LogP contribution is -2.64. The molecule has 1 fully saturated rings. The molecule has 396 valence electrons. The molecule has 1 aliphatic carbocycles. The van der Waals surface area contributed by atoms with Crippen LogP contribution in [0.4, 0.5) is 0 Å². The first kappa shape index (κ1) is 64.3. The largest absolute Gasteiger partial charge is 0.472 e. The third-order valence-corrected chi connectivity index (χ3v) is 12.7. The molecule has 1 aliphatic rings. The molecular formula is C56H95O12P. The Hall–Kier alpha value is -2.74. The highest BCUT2D eigenvalue weighted by molar-refractivity contribution is 7.47. The fourth-order valence-electron chi connectivity index (χ4n) is 7.51. The molecule has 0 bridgehead atoms. The second-order valence-corrected chi connectivity index (χ2v) is 19.4. The Morgan fingerprint density at radius 1 is 0.478 bits per heavy atom. The Morgan fingerprint density at radius 3 is 1.32 bits per heavy atom. The van der Waals surface area contributed by atoms with Crippen molar-refractivity contribution in [3.05, 3.63) is 97.2 Å². The molecule has 1 rings (SSSR count). The second-order valence-electron chi connectivity index (χ2n) is 18.0. The summed E-state index contributed by atoms with van der Waals surface area (Å²) in [7, 11) is -5.04. The molecule has 0 heterocycles. The molecular weight excluding hydrogens is 896 g/mol. The minimum atomic E-state index is -5.04. The van der Waals surface area contributed by atoms with Gasteiger partial charge in [-0.3, -0.25) is 13.8 Å². The van der Waals surface area contributed by atoms with Crippen molar-refractivity contribution in [3.63, 3.8) is 0 Å². The number of carbonyl (C=O) groups excluding carboxylic acids is 1. The zero-order valence-corrected chi connectivity index (χ0v) is 43.5. The lowest BCUT2D eigenvalue weighted by Gasteiger charge is -2.41. The summed E-state index contributed by atoms with van der Waals surface area (Å²) >= 11 is 0. The van der Waals surface area contributed by atoms with E-state index in [1.54, 1.807) is 0 Å². The Kier molecular flexibility index (Phi) is 42.1. The minimum Gasteiger partial charge on any atom is -0.457 e. The molecule has 0 radical (unpaired) electrons. The van der Waals surface area contributed by atoms with E-state index in [1.807, 2.05) is 0 Å². The minimum absolute atomic E-state index is 0.114. The van der Waals surface area contributed by atoms with Crippen LogP contribution in [0.1, 0.15) is 187 Å². The standard InChI is InChI=1S/C56H95O12P/c1-3-5-7-9-11-13-15-17-19-21-23-24-25-26-27-28-30-32-34-36-38-40-42-44-46-65-47-49(48-66-69(63,64)68-56-54(61)52(59)51(58)53(60)55(56)62)67-50(57)45-43-41-39-37-35-33-31-29-22-20-18-16-14-12-10-8-6-4-2/h5,7,11,13,17,19-20,22-24,26-27,30,32,36,38,49,51-56,58-62H,3-4,6,8-10,12,14-16,18,21,25,28-29,31,33-35,37,39-48H2,1-2H3,(H,63,64)/b7-5-,13-11-,19-17-,22-20-,24-23-,27-26-,32-30-,38-36-. The fourth-order valence-corrected chi connectivity index (χ4v) is 8.48. The summed E-state index contributed by atoms with van der Waals surface area (Å²) in [5.74, 6) is -0.500. The highest BCUT2D eigenvalue weighted by Gasteiger charge is 2.51. The Labute approximate surface area is 417 Å². The average molecular weight is 991 g/mol. The average Bonchev–Trinajstić information content (AvgIpc) is 3.34. The van der Waals surface area contributed by atoms with Gasteiger partial charge in [-0.15, -0.1) is 0 Å². The number of aliphatic hydroxyl groups excluding tert-OH is 5. The van der Waals surface area contributed by atoms with Crippen LogP contribution >= 0.6 is 7.82 Å². The van der Waals surface area contributed by atoms with E-state index in [2.05, 4.69) is 111 Å². The van der Waals surface area contributed by atoms with Gasteiger partial charge in [0.25, 0.3) is 0 Å². The van der Waals surface area contributed by atoms with Crippen molar-refractivity contribution in [1.82, 2.24) is 0 Å². The van der Waals surface area contributed by atoms with Crippen LogP contribution < -0.4 is 0 Å². The highest BCUT2D eigenvalue weighted by atomic mass is 31.2. The number of ether oxygens (including phenoxy) is 2. The maximum absolute atomic E-state index is 12.9. The van der Waals surface area contributed by atoms with Gasteiger partial charge in [-0.2, -0.15) is 0 Å². The summed E-state index contributed by atoms with van der Waals surface area (Å²) in [6.07, 6.45) is 50.5. The van der Waals surface area contributed by atoms with Crippen molar-refractivity contribution < 1.29 is 58.3 Å². The summed E-state index contributed by atoms with van der Waals surface area (Å²) in [5, 5.41) is 50.3. The van der Waals surface area contributed by atoms with E-state index in [0.29, 0.717) is 13.0 Å². The van der Waals surface area contributed by atoms with E-state index in [1.165, 1.54) is 64.2 Å². The van der Waals surface area contributed by atoms with Crippen LogP contribution in [-0.2, 0) is 27.9 Å². The van der Waals surface area contributed by atoms with Gasteiger partial charge in [0.2, 0.25) is 0 Å². The van der Waals surface area contributed by atoms with Crippen LogP contribution in [0.5, 0.6) is 0 Å². The third-order valence-electron chi connectivity index (χ3n) is 11.7. The number of hydrogen-bond acceptors (Lipinski definition) is 11. The SMILES string of the molecule is CC/C=C\C/C=C\C/C=C\C/C=C\C/C=C\C/C=C\C/C=C\CCCCOCC(COP(=O)(O)OC1C(O)C(O)C(O)C(O)C1O)OC(=O)CCCCCCCCC/C=C\CCCCCCCCC. The van der Waals surface area contributed by atoms with E-state index in [4.69, 9.17) is 18.5 Å². The maximum atomic E-state index is 12.9. The van der Waals surface area contributed by atoms with Crippen molar-refractivity contribution in [2.45, 2.75) is 230 Å². The van der Waals surface area contributed by atoms with Gasteiger partial charge in [-0.05, 0) is 96.3 Å². The van der Waals surface area contributed by atoms with Crippen LogP contribution in [0, 0.1) is 0 Å². The predicted octanol–water partition coefficient (Wildman–Crippen LogP) is 12.3. The lowest BCUT2D eigenvalue weighted by atomic mass is 9.85. The molecule has 0 aromatic rings. The molecule has 6 unspecified atom stereocenters. The van der Waals surface area contributed by atoms with Gasteiger partial charge in [0.1, 0.15) is 42.7 Å². The molecule has 6 atom stereocenters. The Balaban J connectivity index is 2.39. The Morgan fingerprint density at radius 2 is 0.855 bits per heavy atom. The van der Waals surface area contributed by atoms with Gasteiger partial charge in [0.05, 0.1) is 13.2 Å². The number of hydrogen-bond donors (Lipinski definition) is 6. The van der Waals surface area contributed by atoms with Crippen LogP contribution in [0.15, 0.2) is 97.2 Å². The molecule has 12 nitrogen and oxygen atoms in total. The molecule has 1 saturated carbocycles. The molecule has 0 amide bonds. The number of allylic oxidation sites excluding steroid dienone is 16. The molecule has 69 heavy (non-hydrogen) atoms. The smallest absolute Gasteiger partial charge is 0.457 e. The first-order chi connectivity index (χ1) is 33.5. The Bertz CT molecular complexity index is 1500. The third kappa shape index (κ3) is 36.8. The van der Waals surface area contributed by atoms with Crippen molar-refractivity contribution in [3.8, 4) is 0 Å². The van der Waals surface area contributed by atoms with Crippen molar-refractivity contribution in [2.75, 3.05) is 19.8 Å². The van der Waals surface area contributed by atoms with E-state index in [-0.39, 0.29) is 13.0 Å². The molecule has 6 N–H and O–H groups in total. The number of unbranched alkanes of at least 4 members (excludes halogenated alkanes) is 16. The number of phosphoric acid groups is 1. The van der Waals surface area contributed by atoms with Crippen molar-refractivity contribution in [2.24, 2.45) is 0 Å². The van der Waals surface area contributed by atoms with Crippen molar-refractivity contribution >= 4 is 13.8 Å². The number of aliphatic hydroxyl groups is 5. The highest BCUT2D eigenvalue weighted by Crippen LogP contribution is 2.47. The maximum Gasteiger partial charge on any atom is 0.472 e. The monoisotopic (exact) mass is 991 g/mol. The molecule has 0 aromatic carbocycles. The normalized spacial score (nSPS) is 21.8. The first-order valence-electron chi connectivity index (χ1n) is 26.6. The van der Waals surface area contributed by atoms with E-state index in [0.717, 1.165) is 96.3 Å². The van der Waals surface area contributed by atoms with Crippen LogP contribution in [0.2, 0.25) is 0 Å². The molecule has 0 spiro atoms. The lowest BCUT2D eigenvalue weighted by molar-refractivity contribution is -0.220.